The second-order valence-electron chi connectivity index (χ2n) is 5.28. The predicted molar refractivity (Wildman–Crippen MR) is 93.7 cm³/mol. The summed E-state index contributed by atoms with van der Waals surface area (Å²) in [7, 11) is 1.22. The molecule has 0 bridgehead atoms. The number of anilines is 1. The zero-order chi connectivity index (χ0) is 20.7. The number of non-ortho nitro benzene ring substituents is 1. The fourth-order valence-electron chi connectivity index (χ4n) is 2.17. The van der Waals surface area contributed by atoms with E-state index in [9.17, 15) is 28.5 Å². The first-order valence-corrected chi connectivity index (χ1v) is 7.75. The average molecular weight is 395 g/mol. The van der Waals surface area contributed by atoms with Gasteiger partial charge in [0.25, 0.3) is 11.6 Å². The first-order valence-electron chi connectivity index (χ1n) is 7.75. The zero-order valence-corrected chi connectivity index (χ0v) is 14.5. The van der Waals surface area contributed by atoms with Crippen molar-refractivity contribution < 1.29 is 32.8 Å². The number of rotatable bonds is 8. The molecule has 0 saturated carbocycles. The van der Waals surface area contributed by atoms with E-state index in [-0.39, 0.29) is 28.4 Å². The van der Waals surface area contributed by atoms with Crippen molar-refractivity contribution in [2.24, 2.45) is 0 Å². The van der Waals surface area contributed by atoms with Crippen LogP contribution in [0.3, 0.4) is 0 Å². The van der Waals surface area contributed by atoms with Crippen LogP contribution in [0.4, 0.5) is 20.2 Å². The van der Waals surface area contributed by atoms with Crippen molar-refractivity contribution in [2.75, 3.05) is 19.0 Å². The number of carbonyl (C=O) groups is 2. The molecule has 9 nitrogen and oxygen atoms in total. The van der Waals surface area contributed by atoms with Crippen molar-refractivity contribution in [3.63, 3.8) is 0 Å². The quantitative estimate of drug-likeness (QED) is 0.524. The van der Waals surface area contributed by atoms with Crippen LogP contribution in [0.1, 0.15) is 10.4 Å². The molecule has 0 atom stereocenters. The lowest BCUT2D eigenvalue weighted by Crippen LogP contribution is -2.32. The summed E-state index contributed by atoms with van der Waals surface area (Å²) >= 11 is 0. The Morgan fingerprint density at radius 3 is 2.57 bits per heavy atom. The Morgan fingerprint density at radius 1 is 1.18 bits per heavy atom. The number of nitro benzene ring substituents is 1. The lowest BCUT2D eigenvalue weighted by molar-refractivity contribution is -0.384. The number of nitrogens with zero attached hydrogens (tertiary/aromatic N) is 1. The largest absolute Gasteiger partial charge is 0.493 e. The number of nitrogens with one attached hydrogen (secondary N) is 2. The first kappa shape index (κ1) is 20.6. The SMILES string of the molecule is COc1cc(C(=O)NCC(=O)Nc2cccc([N+](=O)[O-])c2)ccc1OC(F)F. The fourth-order valence-corrected chi connectivity index (χ4v) is 2.17. The summed E-state index contributed by atoms with van der Waals surface area (Å²) in [6.07, 6.45) is 0. The van der Waals surface area contributed by atoms with Gasteiger partial charge in [-0.1, -0.05) is 6.07 Å². The molecule has 0 radical (unpaired) electrons. The van der Waals surface area contributed by atoms with Gasteiger partial charge in [-0.3, -0.25) is 19.7 Å². The van der Waals surface area contributed by atoms with Crippen molar-refractivity contribution in [3.05, 3.63) is 58.1 Å². The molecule has 0 aliphatic carbocycles. The highest BCUT2D eigenvalue weighted by molar-refractivity contribution is 5.99. The maximum Gasteiger partial charge on any atom is 0.387 e. The smallest absolute Gasteiger partial charge is 0.387 e. The maximum absolute atomic E-state index is 12.3. The van der Waals surface area contributed by atoms with Gasteiger partial charge in [-0.25, -0.2) is 0 Å². The number of methoxy groups -OCH3 is 1. The van der Waals surface area contributed by atoms with Crippen molar-refractivity contribution in [1.82, 2.24) is 5.32 Å². The summed E-state index contributed by atoms with van der Waals surface area (Å²) in [5.41, 5.74) is 0.0604. The van der Waals surface area contributed by atoms with E-state index in [1.807, 2.05) is 0 Å². The summed E-state index contributed by atoms with van der Waals surface area (Å²) in [6.45, 7) is -3.47. The summed E-state index contributed by atoms with van der Waals surface area (Å²) in [6, 6.07) is 8.86. The molecule has 0 aliphatic rings. The van der Waals surface area contributed by atoms with Gasteiger partial charge in [0.1, 0.15) is 0 Å². The Bertz CT molecular complexity index is 891. The van der Waals surface area contributed by atoms with Crippen LogP contribution in [0.15, 0.2) is 42.5 Å². The minimum absolute atomic E-state index is 0.0571. The van der Waals surface area contributed by atoms with E-state index in [4.69, 9.17) is 4.74 Å². The van der Waals surface area contributed by atoms with Crippen molar-refractivity contribution in [3.8, 4) is 11.5 Å². The van der Waals surface area contributed by atoms with E-state index in [2.05, 4.69) is 15.4 Å². The van der Waals surface area contributed by atoms with Crippen LogP contribution in [0.2, 0.25) is 0 Å². The number of nitro groups is 1. The van der Waals surface area contributed by atoms with Crippen LogP contribution in [0.5, 0.6) is 11.5 Å². The average Bonchev–Trinajstić information content (AvgIpc) is 2.66. The standard InChI is InChI=1S/C17H15F2N3O6/c1-27-14-7-10(5-6-13(14)28-17(18)19)16(24)20-9-15(23)21-11-3-2-4-12(8-11)22(25)26/h2-8,17H,9H2,1H3,(H,20,24)(H,21,23). The van der Waals surface area contributed by atoms with Gasteiger partial charge in [0.2, 0.25) is 5.91 Å². The third-order valence-electron chi connectivity index (χ3n) is 3.39. The Morgan fingerprint density at radius 2 is 1.93 bits per heavy atom. The third kappa shape index (κ3) is 5.62. The van der Waals surface area contributed by atoms with Crippen molar-refractivity contribution >= 4 is 23.2 Å². The highest BCUT2D eigenvalue weighted by Crippen LogP contribution is 2.29. The van der Waals surface area contributed by atoms with Gasteiger partial charge in [-0.15, -0.1) is 0 Å². The first-order chi connectivity index (χ1) is 13.3. The van der Waals surface area contributed by atoms with Crippen LogP contribution >= 0.6 is 0 Å². The minimum Gasteiger partial charge on any atom is -0.493 e. The fraction of sp³-hybridized carbons (Fsp3) is 0.176. The number of carbonyl (C=O) groups excluding carboxylic acids is 2. The number of hydrogen-bond donors (Lipinski definition) is 2. The molecule has 0 aromatic heterocycles. The molecule has 28 heavy (non-hydrogen) atoms. The maximum atomic E-state index is 12.3. The van der Waals surface area contributed by atoms with E-state index < -0.39 is 29.9 Å². The van der Waals surface area contributed by atoms with Gasteiger partial charge in [0.05, 0.1) is 18.6 Å². The zero-order valence-electron chi connectivity index (χ0n) is 14.5. The topological polar surface area (TPSA) is 120 Å². The summed E-state index contributed by atoms with van der Waals surface area (Å²) in [4.78, 5) is 34.1. The highest BCUT2D eigenvalue weighted by atomic mass is 19.3. The van der Waals surface area contributed by atoms with Crippen LogP contribution in [0, 0.1) is 10.1 Å². The molecule has 148 valence electrons. The van der Waals surface area contributed by atoms with Gasteiger partial charge in [0.15, 0.2) is 11.5 Å². The molecule has 0 fully saturated rings. The number of ether oxygens (including phenoxy) is 2. The number of alkyl halides is 2. The number of benzene rings is 2. The van der Waals surface area contributed by atoms with Crippen LogP contribution in [-0.4, -0.2) is 37.0 Å². The van der Waals surface area contributed by atoms with Gasteiger partial charge >= 0.3 is 6.61 Å². The molecule has 2 amide bonds. The Balaban J connectivity index is 1.97. The molecular formula is C17H15F2N3O6. The molecule has 2 N–H and O–H groups in total. The van der Waals surface area contributed by atoms with E-state index in [1.165, 1.54) is 43.5 Å². The van der Waals surface area contributed by atoms with Crippen molar-refractivity contribution in [2.45, 2.75) is 6.61 Å². The summed E-state index contributed by atoms with van der Waals surface area (Å²) in [5, 5.41) is 15.5. The number of amides is 2. The van der Waals surface area contributed by atoms with E-state index in [0.717, 1.165) is 6.07 Å². The molecule has 2 rings (SSSR count). The second-order valence-corrected chi connectivity index (χ2v) is 5.28. The molecule has 0 aliphatic heterocycles. The molecule has 0 spiro atoms. The predicted octanol–water partition coefficient (Wildman–Crippen LogP) is 2.57. The normalized spacial score (nSPS) is 10.3. The minimum atomic E-state index is -3.05. The van der Waals surface area contributed by atoms with Crippen LogP contribution in [-0.2, 0) is 4.79 Å². The Kier molecular flexibility index (Phi) is 6.79. The number of hydrogen-bond acceptors (Lipinski definition) is 6. The lowest BCUT2D eigenvalue weighted by atomic mass is 10.2. The number of halogens is 2. The molecule has 2 aromatic rings. The molecular weight excluding hydrogens is 380 g/mol. The third-order valence-corrected chi connectivity index (χ3v) is 3.39. The highest BCUT2D eigenvalue weighted by Gasteiger charge is 2.15. The molecule has 0 unspecified atom stereocenters. The van der Waals surface area contributed by atoms with Crippen LogP contribution < -0.4 is 20.1 Å². The van der Waals surface area contributed by atoms with Gasteiger partial charge in [0, 0.05) is 23.4 Å². The molecule has 0 saturated heterocycles. The summed E-state index contributed by atoms with van der Waals surface area (Å²) in [5.74, 6) is -1.58. The van der Waals surface area contributed by atoms with Gasteiger partial charge in [-0.05, 0) is 24.3 Å². The van der Waals surface area contributed by atoms with Crippen molar-refractivity contribution in [1.29, 1.82) is 0 Å². The van der Waals surface area contributed by atoms with E-state index in [0.29, 0.717) is 0 Å². The van der Waals surface area contributed by atoms with E-state index in [1.54, 1.807) is 0 Å². The second kappa shape index (κ2) is 9.26. The molecule has 2 aromatic carbocycles. The lowest BCUT2D eigenvalue weighted by Gasteiger charge is -2.11. The summed E-state index contributed by atoms with van der Waals surface area (Å²) < 4.78 is 33.8. The monoisotopic (exact) mass is 395 g/mol. The molecule has 0 heterocycles. The van der Waals surface area contributed by atoms with E-state index >= 15 is 0 Å². The Hall–Kier alpha value is -3.76. The molecule has 11 heteroatoms. The van der Waals surface area contributed by atoms with Gasteiger partial charge in [-0.2, -0.15) is 8.78 Å². The Labute approximate surface area is 157 Å². The van der Waals surface area contributed by atoms with Gasteiger partial charge < -0.3 is 20.1 Å². The van der Waals surface area contributed by atoms with Crippen LogP contribution in [0.25, 0.3) is 0 Å².